The predicted molar refractivity (Wildman–Crippen MR) is 77.9 cm³/mol. The SMILES string of the molecule is CC(=O)N(C[C@H]1CCCO1)c1nnc(-c2cnccn2)s1. The Hall–Kier alpha value is -1.93. The number of ether oxygens (including phenoxy) is 1. The molecule has 1 amide bonds. The van der Waals surface area contributed by atoms with Gasteiger partial charge < -0.3 is 4.74 Å². The lowest BCUT2D eigenvalue weighted by molar-refractivity contribution is -0.116. The predicted octanol–water partition coefficient (Wildman–Crippen LogP) is 1.53. The maximum Gasteiger partial charge on any atom is 0.225 e. The molecule has 0 aromatic carbocycles. The van der Waals surface area contributed by atoms with Crippen LogP contribution in [0, 0.1) is 0 Å². The van der Waals surface area contributed by atoms with Crippen LogP contribution >= 0.6 is 11.3 Å². The van der Waals surface area contributed by atoms with Gasteiger partial charge in [0.25, 0.3) is 0 Å². The van der Waals surface area contributed by atoms with E-state index in [0.29, 0.717) is 22.4 Å². The van der Waals surface area contributed by atoms with Gasteiger partial charge in [0.05, 0.1) is 18.8 Å². The summed E-state index contributed by atoms with van der Waals surface area (Å²) in [5.74, 6) is -0.0626. The maximum absolute atomic E-state index is 11.9. The second-order valence-corrected chi connectivity index (χ2v) is 5.70. The molecule has 0 aliphatic carbocycles. The van der Waals surface area contributed by atoms with E-state index in [2.05, 4.69) is 20.2 Å². The Morgan fingerprint density at radius 2 is 2.38 bits per heavy atom. The van der Waals surface area contributed by atoms with E-state index in [1.54, 1.807) is 23.5 Å². The van der Waals surface area contributed by atoms with Gasteiger partial charge in [-0.2, -0.15) is 0 Å². The smallest absolute Gasteiger partial charge is 0.225 e. The summed E-state index contributed by atoms with van der Waals surface area (Å²) in [6, 6.07) is 0. The molecule has 110 valence electrons. The topological polar surface area (TPSA) is 81.1 Å². The molecule has 0 bridgehead atoms. The molecule has 1 aliphatic rings. The van der Waals surface area contributed by atoms with E-state index in [1.807, 2.05) is 0 Å². The van der Waals surface area contributed by atoms with Gasteiger partial charge in [-0.15, -0.1) is 10.2 Å². The van der Waals surface area contributed by atoms with Crippen molar-refractivity contribution in [2.45, 2.75) is 25.9 Å². The second kappa shape index (κ2) is 6.23. The van der Waals surface area contributed by atoms with Crippen LogP contribution in [-0.2, 0) is 9.53 Å². The van der Waals surface area contributed by atoms with Gasteiger partial charge in [0, 0.05) is 25.9 Å². The zero-order chi connectivity index (χ0) is 14.7. The molecule has 1 atom stereocenters. The number of anilines is 1. The van der Waals surface area contributed by atoms with Crippen LogP contribution in [0.15, 0.2) is 18.6 Å². The second-order valence-electron chi connectivity index (χ2n) is 4.75. The highest BCUT2D eigenvalue weighted by Gasteiger charge is 2.24. The molecule has 0 N–H and O–H groups in total. The van der Waals surface area contributed by atoms with Crippen LogP contribution in [0.1, 0.15) is 19.8 Å². The number of amides is 1. The van der Waals surface area contributed by atoms with Crippen LogP contribution in [-0.4, -0.2) is 45.3 Å². The first-order valence-electron chi connectivity index (χ1n) is 6.73. The summed E-state index contributed by atoms with van der Waals surface area (Å²) in [7, 11) is 0. The fourth-order valence-electron chi connectivity index (χ4n) is 2.17. The van der Waals surface area contributed by atoms with Crippen molar-refractivity contribution in [2.24, 2.45) is 0 Å². The van der Waals surface area contributed by atoms with Crippen LogP contribution in [0.2, 0.25) is 0 Å². The average Bonchev–Trinajstić information content (AvgIpc) is 3.17. The molecule has 1 aliphatic heterocycles. The van der Waals surface area contributed by atoms with E-state index in [9.17, 15) is 4.79 Å². The lowest BCUT2D eigenvalue weighted by Crippen LogP contribution is -2.35. The molecule has 0 spiro atoms. The summed E-state index contributed by atoms with van der Waals surface area (Å²) in [5.41, 5.74) is 0.655. The number of nitrogens with zero attached hydrogens (tertiary/aromatic N) is 5. The summed E-state index contributed by atoms with van der Waals surface area (Å²) in [5, 5.41) is 9.42. The van der Waals surface area contributed by atoms with Crippen LogP contribution in [0.5, 0.6) is 0 Å². The van der Waals surface area contributed by atoms with E-state index >= 15 is 0 Å². The molecule has 1 fully saturated rings. The largest absolute Gasteiger partial charge is 0.376 e. The van der Waals surface area contributed by atoms with Gasteiger partial charge in [0.1, 0.15) is 5.69 Å². The Morgan fingerprint density at radius 3 is 3.05 bits per heavy atom. The molecule has 0 unspecified atom stereocenters. The van der Waals surface area contributed by atoms with Crippen molar-refractivity contribution in [3.8, 4) is 10.7 Å². The number of carbonyl (C=O) groups excluding carboxylic acids is 1. The molecule has 8 heteroatoms. The van der Waals surface area contributed by atoms with Crippen LogP contribution in [0.25, 0.3) is 10.7 Å². The molecule has 7 nitrogen and oxygen atoms in total. The van der Waals surface area contributed by atoms with Crippen LogP contribution < -0.4 is 4.90 Å². The zero-order valence-corrected chi connectivity index (χ0v) is 12.4. The van der Waals surface area contributed by atoms with Gasteiger partial charge in [-0.25, -0.2) is 0 Å². The fourth-order valence-corrected chi connectivity index (χ4v) is 3.03. The van der Waals surface area contributed by atoms with Crippen molar-refractivity contribution in [1.82, 2.24) is 20.2 Å². The highest BCUT2D eigenvalue weighted by molar-refractivity contribution is 7.18. The van der Waals surface area contributed by atoms with Crippen molar-refractivity contribution >= 4 is 22.4 Å². The third kappa shape index (κ3) is 3.22. The third-order valence-corrected chi connectivity index (χ3v) is 4.19. The van der Waals surface area contributed by atoms with Crippen molar-refractivity contribution < 1.29 is 9.53 Å². The zero-order valence-electron chi connectivity index (χ0n) is 11.6. The molecule has 2 aromatic rings. The normalized spacial score (nSPS) is 17.9. The minimum Gasteiger partial charge on any atom is -0.376 e. The molecular weight excluding hydrogens is 290 g/mol. The van der Waals surface area contributed by atoms with Crippen LogP contribution in [0.4, 0.5) is 5.13 Å². The highest BCUT2D eigenvalue weighted by Crippen LogP contribution is 2.28. The summed E-state index contributed by atoms with van der Waals surface area (Å²) in [6.45, 7) is 2.81. The first-order valence-corrected chi connectivity index (χ1v) is 7.55. The molecule has 21 heavy (non-hydrogen) atoms. The monoisotopic (exact) mass is 305 g/mol. The molecular formula is C13H15N5O2S. The number of hydrogen-bond acceptors (Lipinski definition) is 7. The number of aromatic nitrogens is 4. The maximum atomic E-state index is 11.9. The minimum absolute atomic E-state index is 0.0626. The number of rotatable bonds is 4. The summed E-state index contributed by atoms with van der Waals surface area (Å²) in [6.07, 6.45) is 6.92. The van der Waals surface area contributed by atoms with E-state index in [0.717, 1.165) is 19.4 Å². The summed E-state index contributed by atoms with van der Waals surface area (Å²) in [4.78, 5) is 21.7. The van der Waals surface area contributed by atoms with Gasteiger partial charge in [-0.3, -0.25) is 19.7 Å². The van der Waals surface area contributed by atoms with Crippen molar-refractivity contribution in [3.05, 3.63) is 18.6 Å². The molecule has 3 rings (SSSR count). The van der Waals surface area contributed by atoms with Crippen molar-refractivity contribution in [1.29, 1.82) is 0 Å². The van der Waals surface area contributed by atoms with Crippen molar-refractivity contribution in [2.75, 3.05) is 18.1 Å². The van der Waals surface area contributed by atoms with Gasteiger partial charge in [0.2, 0.25) is 11.0 Å². The average molecular weight is 305 g/mol. The van der Waals surface area contributed by atoms with Gasteiger partial charge in [0.15, 0.2) is 5.01 Å². The van der Waals surface area contributed by atoms with E-state index in [-0.39, 0.29) is 12.0 Å². The van der Waals surface area contributed by atoms with Gasteiger partial charge >= 0.3 is 0 Å². The Balaban J connectivity index is 1.80. The minimum atomic E-state index is -0.0626. The molecule has 0 radical (unpaired) electrons. The Morgan fingerprint density at radius 1 is 1.48 bits per heavy atom. The standard InChI is InChI=1S/C13H15N5O2S/c1-9(19)18(8-10-3-2-6-20-10)13-17-16-12(21-13)11-7-14-4-5-15-11/h4-5,7,10H,2-3,6,8H2,1H3/t10-/m1/s1. The van der Waals surface area contributed by atoms with Crippen molar-refractivity contribution in [3.63, 3.8) is 0 Å². The first kappa shape index (κ1) is 14.0. The Bertz CT molecular complexity index is 612. The third-order valence-electron chi connectivity index (χ3n) is 3.22. The summed E-state index contributed by atoms with van der Waals surface area (Å²) >= 11 is 1.33. The molecule has 3 heterocycles. The fraction of sp³-hybridized carbons (Fsp3) is 0.462. The van der Waals surface area contributed by atoms with Gasteiger partial charge in [-0.1, -0.05) is 11.3 Å². The molecule has 0 saturated carbocycles. The first-order chi connectivity index (χ1) is 10.2. The lowest BCUT2D eigenvalue weighted by atomic mass is 10.2. The Labute approximate surface area is 126 Å². The van der Waals surface area contributed by atoms with E-state index in [4.69, 9.17) is 4.74 Å². The number of hydrogen-bond donors (Lipinski definition) is 0. The lowest BCUT2D eigenvalue weighted by Gasteiger charge is -2.20. The van der Waals surface area contributed by atoms with Gasteiger partial charge in [-0.05, 0) is 12.8 Å². The van der Waals surface area contributed by atoms with Crippen LogP contribution in [0.3, 0.4) is 0 Å². The quantitative estimate of drug-likeness (QED) is 0.852. The molecule has 1 saturated heterocycles. The number of carbonyl (C=O) groups is 1. The Kier molecular flexibility index (Phi) is 4.16. The molecule has 2 aromatic heterocycles. The highest BCUT2D eigenvalue weighted by atomic mass is 32.1. The summed E-state index contributed by atoms with van der Waals surface area (Å²) < 4.78 is 5.59. The van der Waals surface area contributed by atoms with E-state index in [1.165, 1.54) is 18.3 Å². The van der Waals surface area contributed by atoms with E-state index < -0.39 is 0 Å².